The summed E-state index contributed by atoms with van der Waals surface area (Å²) in [5.41, 5.74) is 1.68. The first-order valence-electron chi connectivity index (χ1n) is 8.57. The van der Waals surface area contributed by atoms with E-state index in [1.807, 2.05) is 26.0 Å². The summed E-state index contributed by atoms with van der Waals surface area (Å²) in [5.74, 6) is 0.367. The average molecular weight is 403 g/mol. The largest absolute Gasteiger partial charge is 0.417 e. The highest BCUT2D eigenvalue weighted by atomic mass is 35.5. The summed E-state index contributed by atoms with van der Waals surface area (Å²) in [6, 6.07) is 10.2. The molecule has 0 aliphatic carbocycles. The van der Waals surface area contributed by atoms with Crippen molar-refractivity contribution in [2.75, 3.05) is 0 Å². The number of benzene rings is 2. The maximum atomic E-state index is 13.1. The number of hydrogen-bond acceptors (Lipinski definition) is 0. The quantitative estimate of drug-likeness (QED) is 0.474. The molecule has 0 spiro atoms. The second-order valence-electron chi connectivity index (χ2n) is 7.62. The van der Waals surface area contributed by atoms with Gasteiger partial charge in [-0.25, -0.2) is 0 Å². The molecule has 5 heteroatoms. The van der Waals surface area contributed by atoms with Crippen LogP contribution >= 0.6 is 23.2 Å². The zero-order chi connectivity index (χ0) is 19.7. The minimum Gasteiger partial charge on any atom is -0.166 e. The molecule has 0 amide bonds. The molecule has 142 valence electrons. The van der Waals surface area contributed by atoms with Crippen molar-refractivity contribution in [3.63, 3.8) is 0 Å². The lowest BCUT2D eigenvalue weighted by Gasteiger charge is -2.27. The van der Waals surface area contributed by atoms with E-state index in [-0.39, 0.29) is 5.02 Å². The highest BCUT2D eigenvalue weighted by molar-refractivity contribution is 6.31. The monoisotopic (exact) mass is 402 g/mol. The van der Waals surface area contributed by atoms with Crippen molar-refractivity contribution >= 4 is 23.2 Å². The Labute approximate surface area is 163 Å². The molecule has 2 aromatic rings. The van der Waals surface area contributed by atoms with Crippen molar-refractivity contribution < 1.29 is 13.2 Å². The van der Waals surface area contributed by atoms with Crippen molar-refractivity contribution in [2.45, 2.75) is 58.0 Å². The fraction of sp³-hybridized carbons (Fsp3) is 0.429. The normalized spacial score (nSPS) is 12.7. The van der Waals surface area contributed by atoms with Gasteiger partial charge in [0.15, 0.2) is 0 Å². The predicted molar refractivity (Wildman–Crippen MR) is 103 cm³/mol. The molecule has 0 N–H and O–H groups in total. The minimum atomic E-state index is -4.46. The van der Waals surface area contributed by atoms with E-state index in [9.17, 15) is 13.2 Å². The number of rotatable bonds is 5. The lowest BCUT2D eigenvalue weighted by molar-refractivity contribution is -0.137. The van der Waals surface area contributed by atoms with Crippen molar-refractivity contribution in [1.29, 1.82) is 0 Å². The zero-order valence-electron chi connectivity index (χ0n) is 15.3. The number of aryl methyl sites for hydroxylation is 1. The summed E-state index contributed by atoms with van der Waals surface area (Å²) in [5, 5.41) is 0.420. The van der Waals surface area contributed by atoms with E-state index in [2.05, 4.69) is 19.9 Å². The molecule has 0 radical (unpaired) electrons. The summed E-state index contributed by atoms with van der Waals surface area (Å²) in [6.45, 7) is 8.10. The third kappa shape index (κ3) is 5.17. The van der Waals surface area contributed by atoms with Gasteiger partial charge in [0.25, 0.3) is 0 Å². The molecule has 0 aliphatic heterocycles. The van der Waals surface area contributed by atoms with Crippen LogP contribution in [0, 0.1) is 0 Å². The lowest BCUT2D eigenvalue weighted by atomic mass is 9.79. The van der Waals surface area contributed by atoms with Gasteiger partial charge < -0.3 is 0 Å². The molecule has 2 rings (SSSR count). The van der Waals surface area contributed by atoms with E-state index >= 15 is 0 Å². The van der Waals surface area contributed by atoms with Crippen molar-refractivity contribution in [1.82, 2.24) is 0 Å². The highest BCUT2D eigenvalue weighted by Gasteiger charge is 2.34. The fourth-order valence-corrected chi connectivity index (χ4v) is 3.41. The molecule has 0 saturated carbocycles. The molecular weight excluding hydrogens is 380 g/mol. The number of hydrogen-bond donors (Lipinski definition) is 0. The van der Waals surface area contributed by atoms with Gasteiger partial charge in [0.2, 0.25) is 0 Å². The molecule has 0 unspecified atom stereocenters. The van der Waals surface area contributed by atoms with Gasteiger partial charge in [0.05, 0.1) is 10.6 Å². The third-order valence-electron chi connectivity index (χ3n) is 4.74. The maximum absolute atomic E-state index is 13.1. The summed E-state index contributed by atoms with van der Waals surface area (Å²) in [7, 11) is 0. The summed E-state index contributed by atoms with van der Waals surface area (Å²) >= 11 is 11.9. The minimum absolute atomic E-state index is 0.270. The van der Waals surface area contributed by atoms with Crippen LogP contribution in [0.2, 0.25) is 10.0 Å². The highest BCUT2D eigenvalue weighted by Crippen LogP contribution is 2.38. The maximum Gasteiger partial charge on any atom is 0.417 e. The molecule has 26 heavy (non-hydrogen) atoms. The standard InChI is InChI=1S/C21H23Cl2F3/c1-13(2)15-9-14(10-17(22)11-15)7-8-20(3,4)16-5-6-19(23)18(12-16)21(24,25)26/h5-6,9-13H,7-8H2,1-4H3. The van der Waals surface area contributed by atoms with E-state index in [0.29, 0.717) is 22.9 Å². The Hall–Kier alpha value is -1.19. The molecule has 0 nitrogen and oxygen atoms in total. The smallest absolute Gasteiger partial charge is 0.166 e. The van der Waals surface area contributed by atoms with Gasteiger partial charge in [-0.1, -0.05) is 63.0 Å². The number of halogens is 5. The molecule has 0 heterocycles. The van der Waals surface area contributed by atoms with Gasteiger partial charge in [-0.15, -0.1) is 0 Å². The lowest BCUT2D eigenvalue weighted by Crippen LogP contribution is -2.19. The van der Waals surface area contributed by atoms with E-state index in [1.165, 1.54) is 12.1 Å². The fourth-order valence-electron chi connectivity index (χ4n) is 2.92. The second-order valence-corrected chi connectivity index (χ2v) is 8.47. The molecule has 0 atom stereocenters. The molecule has 0 bridgehead atoms. The molecule has 2 aromatic carbocycles. The van der Waals surface area contributed by atoms with Crippen LogP contribution in [-0.2, 0) is 18.0 Å². The van der Waals surface area contributed by atoms with Gasteiger partial charge in [-0.3, -0.25) is 0 Å². The predicted octanol–water partition coefficient (Wildman–Crippen LogP) is 8.05. The van der Waals surface area contributed by atoms with Crippen molar-refractivity contribution in [3.05, 3.63) is 68.7 Å². The van der Waals surface area contributed by atoms with Crippen LogP contribution in [0.1, 0.15) is 62.3 Å². The van der Waals surface area contributed by atoms with Gasteiger partial charge in [0, 0.05) is 5.02 Å². The van der Waals surface area contributed by atoms with Gasteiger partial charge in [-0.2, -0.15) is 13.2 Å². The van der Waals surface area contributed by atoms with Crippen molar-refractivity contribution in [3.8, 4) is 0 Å². The first kappa shape index (κ1) is 21.1. The van der Waals surface area contributed by atoms with E-state index in [1.54, 1.807) is 6.07 Å². The first-order chi connectivity index (χ1) is 11.9. The second kappa shape index (κ2) is 7.82. The average Bonchev–Trinajstić information content (AvgIpc) is 2.51. The van der Waals surface area contributed by atoms with Crippen LogP contribution in [0.5, 0.6) is 0 Å². The Morgan fingerprint density at radius 3 is 2.19 bits per heavy atom. The zero-order valence-corrected chi connectivity index (χ0v) is 16.9. The summed E-state index contributed by atoms with van der Waals surface area (Å²) in [6.07, 6.45) is -3.02. The van der Waals surface area contributed by atoms with Crippen LogP contribution in [-0.4, -0.2) is 0 Å². The topological polar surface area (TPSA) is 0 Å². The van der Waals surface area contributed by atoms with E-state index in [4.69, 9.17) is 23.2 Å². The SMILES string of the molecule is CC(C)c1cc(Cl)cc(CCC(C)(C)c2ccc(Cl)c(C(F)(F)F)c2)c1. The Morgan fingerprint density at radius 1 is 0.962 bits per heavy atom. The van der Waals surface area contributed by atoms with E-state index < -0.39 is 17.2 Å². The number of alkyl halides is 3. The molecule has 0 aliphatic rings. The third-order valence-corrected chi connectivity index (χ3v) is 5.29. The summed E-state index contributed by atoms with van der Waals surface area (Å²) in [4.78, 5) is 0. The van der Waals surface area contributed by atoms with Crippen LogP contribution in [0.25, 0.3) is 0 Å². The molecular formula is C21H23Cl2F3. The Balaban J connectivity index is 2.24. The van der Waals surface area contributed by atoms with Crippen LogP contribution in [0.15, 0.2) is 36.4 Å². The van der Waals surface area contributed by atoms with Crippen LogP contribution in [0.3, 0.4) is 0 Å². The molecule has 0 fully saturated rings. The molecule has 0 saturated heterocycles. The Morgan fingerprint density at radius 2 is 1.62 bits per heavy atom. The van der Waals surface area contributed by atoms with Gasteiger partial charge in [0.1, 0.15) is 0 Å². The van der Waals surface area contributed by atoms with Gasteiger partial charge >= 0.3 is 6.18 Å². The first-order valence-corrected chi connectivity index (χ1v) is 9.32. The van der Waals surface area contributed by atoms with Crippen LogP contribution < -0.4 is 0 Å². The van der Waals surface area contributed by atoms with Crippen molar-refractivity contribution in [2.24, 2.45) is 0 Å². The summed E-state index contributed by atoms with van der Waals surface area (Å²) < 4.78 is 39.4. The van der Waals surface area contributed by atoms with Gasteiger partial charge in [-0.05, 0) is 65.1 Å². The Bertz CT molecular complexity index is 777. The molecule has 0 aromatic heterocycles. The Kier molecular flexibility index (Phi) is 6.35. The van der Waals surface area contributed by atoms with Crippen LogP contribution in [0.4, 0.5) is 13.2 Å². The van der Waals surface area contributed by atoms with E-state index in [0.717, 1.165) is 17.5 Å².